The molecule has 0 spiro atoms. The summed E-state index contributed by atoms with van der Waals surface area (Å²) < 4.78 is 7.91. The number of fused-ring (bicyclic) bond motifs is 1. The second-order valence-electron chi connectivity index (χ2n) is 5.08. The Morgan fingerprint density at radius 3 is 2.82 bits per heavy atom. The van der Waals surface area contributed by atoms with Crippen LogP contribution >= 0.6 is 0 Å². The fraction of sp³-hybridized carbons (Fsp3) is 0.385. The molecule has 0 aromatic carbocycles. The summed E-state index contributed by atoms with van der Waals surface area (Å²) in [6, 6.07) is -0.152. The monoisotopic (exact) mass is 305 g/mol. The minimum atomic E-state index is -0.971. The summed E-state index contributed by atoms with van der Waals surface area (Å²) in [6.45, 7) is 2.54. The van der Waals surface area contributed by atoms with Gasteiger partial charge in [0, 0.05) is 6.20 Å². The highest BCUT2D eigenvalue weighted by atomic mass is 16.5. The first-order chi connectivity index (χ1) is 10.5. The fourth-order valence-electron chi connectivity index (χ4n) is 2.51. The first kappa shape index (κ1) is 14.1. The summed E-state index contributed by atoms with van der Waals surface area (Å²) in [6.07, 6.45) is 3.58. The number of hydrogen-bond donors (Lipinski definition) is 1. The molecule has 1 atom stereocenters. The molecule has 0 saturated heterocycles. The van der Waals surface area contributed by atoms with Crippen LogP contribution in [0.4, 0.5) is 4.79 Å². The zero-order valence-corrected chi connectivity index (χ0v) is 12.1. The van der Waals surface area contributed by atoms with Gasteiger partial charge < -0.3 is 9.84 Å². The molecule has 0 fully saturated rings. The molecule has 1 aliphatic heterocycles. The van der Waals surface area contributed by atoms with Crippen LogP contribution in [0.3, 0.4) is 0 Å². The van der Waals surface area contributed by atoms with Crippen LogP contribution in [0, 0.1) is 0 Å². The summed E-state index contributed by atoms with van der Waals surface area (Å²) in [4.78, 5) is 24.1. The maximum Gasteiger partial charge on any atom is 0.407 e. The van der Waals surface area contributed by atoms with Crippen LogP contribution in [0.5, 0.6) is 0 Å². The van der Waals surface area contributed by atoms with Crippen molar-refractivity contribution >= 4 is 12.1 Å². The van der Waals surface area contributed by atoms with Gasteiger partial charge in [0.2, 0.25) is 0 Å². The fourth-order valence-corrected chi connectivity index (χ4v) is 2.51. The summed E-state index contributed by atoms with van der Waals surface area (Å²) in [5.74, 6) is -0.479. The molecule has 9 nitrogen and oxygen atoms in total. The number of nitrogens with zero attached hydrogens (tertiary/aromatic N) is 5. The number of carboxylic acid groups (broad SMARTS) is 1. The van der Waals surface area contributed by atoms with E-state index >= 15 is 0 Å². The number of hydrogen-bond acceptors (Lipinski definition) is 5. The van der Waals surface area contributed by atoms with E-state index in [1.165, 1.54) is 29.1 Å². The van der Waals surface area contributed by atoms with Gasteiger partial charge in [-0.05, 0) is 6.92 Å². The Morgan fingerprint density at radius 1 is 1.36 bits per heavy atom. The van der Waals surface area contributed by atoms with E-state index in [9.17, 15) is 14.7 Å². The molecule has 3 heterocycles. The average Bonchev–Trinajstić information content (AvgIpc) is 3.11. The molecular formula is C13H15N5O4. The maximum atomic E-state index is 11.5. The van der Waals surface area contributed by atoms with E-state index in [0.717, 1.165) is 5.69 Å². The number of rotatable bonds is 2. The van der Waals surface area contributed by atoms with Crippen molar-refractivity contribution in [1.29, 1.82) is 0 Å². The third-order valence-electron chi connectivity index (χ3n) is 3.71. The third-order valence-corrected chi connectivity index (χ3v) is 3.71. The minimum absolute atomic E-state index is 0.152. The molecule has 0 radical (unpaired) electrons. The molecule has 1 aliphatic rings. The Kier molecular flexibility index (Phi) is 3.32. The van der Waals surface area contributed by atoms with Gasteiger partial charge in [0.25, 0.3) is 0 Å². The number of carbonyl (C=O) groups excluding carboxylic acids is 1. The predicted molar refractivity (Wildman–Crippen MR) is 73.7 cm³/mol. The summed E-state index contributed by atoms with van der Waals surface area (Å²) >= 11 is 0. The van der Waals surface area contributed by atoms with Crippen LogP contribution < -0.4 is 0 Å². The lowest BCUT2D eigenvalue weighted by Gasteiger charge is -2.31. The topological polar surface area (TPSA) is 102 Å². The van der Waals surface area contributed by atoms with E-state index < -0.39 is 12.1 Å². The zero-order chi connectivity index (χ0) is 15.9. The molecule has 1 N–H and O–H groups in total. The molecule has 9 heteroatoms. The van der Waals surface area contributed by atoms with E-state index in [-0.39, 0.29) is 12.6 Å². The third kappa shape index (κ3) is 2.20. The molecule has 1 amide bonds. The minimum Gasteiger partial charge on any atom is -0.465 e. The highest BCUT2D eigenvalue weighted by Crippen LogP contribution is 2.23. The van der Waals surface area contributed by atoms with Gasteiger partial charge >= 0.3 is 12.1 Å². The highest BCUT2D eigenvalue weighted by molar-refractivity contribution is 5.88. The Labute approximate surface area is 125 Å². The molecule has 0 unspecified atom stereocenters. The largest absolute Gasteiger partial charge is 0.465 e. The summed E-state index contributed by atoms with van der Waals surface area (Å²) in [7, 11) is 1.30. The van der Waals surface area contributed by atoms with Crippen molar-refractivity contribution < 1.29 is 19.4 Å². The number of methoxy groups -OCH3 is 1. The Hall–Kier alpha value is -2.84. The molecule has 2 aromatic rings. The van der Waals surface area contributed by atoms with Crippen molar-refractivity contribution in [3.63, 3.8) is 0 Å². The van der Waals surface area contributed by atoms with Crippen molar-refractivity contribution in [1.82, 2.24) is 24.5 Å². The van der Waals surface area contributed by atoms with Crippen molar-refractivity contribution in [2.45, 2.75) is 26.1 Å². The highest BCUT2D eigenvalue weighted by Gasteiger charge is 2.29. The van der Waals surface area contributed by atoms with Gasteiger partial charge in [0.1, 0.15) is 5.69 Å². The van der Waals surface area contributed by atoms with Crippen LogP contribution in [-0.4, -0.2) is 54.8 Å². The number of amides is 1. The molecule has 3 rings (SSSR count). The molecule has 0 saturated carbocycles. The van der Waals surface area contributed by atoms with E-state index in [1.54, 1.807) is 10.9 Å². The van der Waals surface area contributed by atoms with Gasteiger partial charge in [0.05, 0.1) is 49.9 Å². The van der Waals surface area contributed by atoms with Crippen molar-refractivity contribution in [3.8, 4) is 5.69 Å². The lowest BCUT2D eigenvalue weighted by atomic mass is 10.2. The smallest absolute Gasteiger partial charge is 0.407 e. The van der Waals surface area contributed by atoms with Crippen LogP contribution in [0.15, 0.2) is 18.6 Å². The Morgan fingerprint density at radius 2 is 2.14 bits per heavy atom. The molecule has 0 bridgehead atoms. The molecule has 0 aliphatic carbocycles. The number of ether oxygens (including phenoxy) is 1. The molecule has 22 heavy (non-hydrogen) atoms. The average molecular weight is 305 g/mol. The maximum absolute atomic E-state index is 11.5. The van der Waals surface area contributed by atoms with Crippen LogP contribution in [0.25, 0.3) is 5.69 Å². The van der Waals surface area contributed by atoms with Crippen LogP contribution in [0.2, 0.25) is 0 Å². The second-order valence-corrected chi connectivity index (χ2v) is 5.08. The van der Waals surface area contributed by atoms with Gasteiger partial charge in [-0.2, -0.15) is 10.2 Å². The lowest BCUT2D eigenvalue weighted by Crippen LogP contribution is -2.44. The first-order valence-electron chi connectivity index (χ1n) is 6.69. The van der Waals surface area contributed by atoms with E-state index in [4.69, 9.17) is 0 Å². The van der Waals surface area contributed by atoms with Crippen LogP contribution in [-0.2, 0) is 17.8 Å². The van der Waals surface area contributed by atoms with Gasteiger partial charge in [-0.15, -0.1) is 0 Å². The first-order valence-corrected chi connectivity index (χ1v) is 6.69. The second kappa shape index (κ2) is 5.17. The van der Waals surface area contributed by atoms with E-state index in [2.05, 4.69) is 14.9 Å². The van der Waals surface area contributed by atoms with Gasteiger partial charge in [-0.25, -0.2) is 14.3 Å². The van der Waals surface area contributed by atoms with E-state index in [1.807, 2.05) is 6.92 Å². The number of esters is 1. The Balaban J connectivity index is 1.96. The summed E-state index contributed by atoms with van der Waals surface area (Å²) in [5.41, 5.74) is 1.70. The zero-order valence-electron chi connectivity index (χ0n) is 12.1. The lowest BCUT2D eigenvalue weighted by molar-refractivity contribution is 0.0600. The van der Waals surface area contributed by atoms with Crippen molar-refractivity contribution in [2.75, 3.05) is 7.11 Å². The quantitative estimate of drug-likeness (QED) is 0.821. The molecular weight excluding hydrogens is 290 g/mol. The molecule has 116 valence electrons. The van der Waals surface area contributed by atoms with Crippen molar-refractivity contribution in [2.24, 2.45) is 0 Å². The van der Waals surface area contributed by atoms with Crippen LogP contribution in [0.1, 0.15) is 23.0 Å². The number of carbonyl (C=O) groups is 2. The molecule has 2 aromatic heterocycles. The van der Waals surface area contributed by atoms with Gasteiger partial charge in [0.15, 0.2) is 0 Å². The number of aromatic nitrogens is 4. The standard InChI is InChI=1S/C13H15N5O4/c1-8-5-17-11(7-16(8)13(20)21)10(4-15-17)18-6-9(3-14-18)12(19)22-2/h3-4,6,8H,5,7H2,1-2H3,(H,20,21)/t8-/m0/s1. The van der Waals surface area contributed by atoms with Gasteiger partial charge in [-0.1, -0.05) is 0 Å². The summed E-state index contributed by atoms with van der Waals surface area (Å²) in [5, 5.41) is 17.6. The Bertz CT molecular complexity index is 735. The normalized spacial score (nSPS) is 17.2. The predicted octanol–water partition coefficient (Wildman–Crippen LogP) is 0.737. The van der Waals surface area contributed by atoms with Crippen molar-refractivity contribution in [3.05, 3.63) is 29.8 Å². The van der Waals surface area contributed by atoms with E-state index in [0.29, 0.717) is 17.8 Å². The van der Waals surface area contributed by atoms with Gasteiger partial charge in [-0.3, -0.25) is 9.58 Å². The SMILES string of the molecule is COC(=O)c1cnn(-c2cnn3c2CN(C(=O)O)[C@@H](C)C3)c1.